The van der Waals surface area contributed by atoms with Gasteiger partial charge in [-0.2, -0.15) is 10.5 Å². The van der Waals surface area contributed by atoms with Gasteiger partial charge >= 0.3 is 0 Å². The Labute approximate surface area is 243 Å². The summed E-state index contributed by atoms with van der Waals surface area (Å²) in [5.74, 6) is 0. The Kier molecular flexibility index (Phi) is 5.95. The molecule has 42 heavy (non-hydrogen) atoms. The average Bonchev–Trinajstić information content (AvgIpc) is 3.06. The molecule has 7 rings (SSSR count). The molecule has 7 aromatic rings. The van der Waals surface area contributed by atoms with Gasteiger partial charge in [-0.25, -0.2) is 4.85 Å². The van der Waals surface area contributed by atoms with Gasteiger partial charge in [0.1, 0.15) is 0 Å². The van der Waals surface area contributed by atoms with Crippen molar-refractivity contribution in [1.82, 2.24) is 0 Å². The Hall–Kier alpha value is -6.21. The Morgan fingerprint density at radius 1 is 0.381 bits per heavy atom. The highest BCUT2D eigenvalue weighted by atomic mass is 14.6. The fraction of sp³-hybridized carbons (Fsp3) is 0. The predicted molar refractivity (Wildman–Crippen MR) is 171 cm³/mol. The van der Waals surface area contributed by atoms with Gasteiger partial charge in [0.2, 0.25) is 0 Å². The van der Waals surface area contributed by atoms with Crippen molar-refractivity contribution in [2.75, 3.05) is 0 Å². The topological polar surface area (TPSA) is 51.9 Å². The first kappa shape index (κ1) is 24.8. The highest BCUT2D eigenvalue weighted by molar-refractivity contribution is 5.94. The third kappa shape index (κ3) is 4.51. The molecule has 0 heterocycles. The molecule has 3 nitrogen and oxygen atoms in total. The van der Waals surface area contributed by atoms with Gasteiger partial charge in [0, 0.05) is 0 Å². The van der Waals surface area contributed by atoms with Crippen LogP contribution in [-0.4, -0.2) is 0 Å². The zero-order valence-corrected chi connectivity index (χ0v) is 22.5. The molecule has 7 aromatic carbocycles. The van der Waals surface area contributed by atoms with Crippen LogP contribution in [0, 0.1) is 29.2 Å². The number of rotatable bonds is 3. The number of hydrogen-bond donors (Lipinski definition) is 0. The first-order valence-corrected chi connectivity index (χ1v) is 13.6. The van der Waals surface area contributed by atoms with E-state index in [9.17, 15) is 10.5 Å². The Balaban J connectivity index is 1.41. The summed E-state index contributed by atoms with van der Waals surface area (Å²) in [7, 11) is 0. The van der Waals surface area contributed by atoms with E-state index in [1.807, 2.05) is 54.6 Å². The van der Waals surface area contributed by atoms with Crippen molar-refractivity contribution in [3.05, 3.63) is 150 Å². The molecular formula is C39H21N3. The lowest BCUT2D eigenvalue weighted by Crippen LogP contribution is -1.88. The maximum absolute atomic E-state index is 9.31. The zero-order valence-electron chi connectivity index (χ0n) is 22.5. The summed E-state index contributed by atoms with van der Waals surface area (Å²) in [6, 6.07) is 47.6. The molecule has 0 N–H and O–H groups in total. The largest absolute Gasteiger partial charge is 0.238 e. The molecular weight excluding hydrogens is 510 g/mol. The highest BCUT2D eigenvalue weighted by Gasteiger charge is 2.10. The standard InChI is InChI=1S/C39H21N3/c1-42-39-13-12-31-18-34(10-11-35(31)22-39)38-20-36(32-8-6-27-14-25(23-40)2-4-29(27)16-32)19-37(21-38)33-9-7-28-15-26(24-41)3-5-30(28)17-33/h2-22H. The van der Waals surface area contributed by atoms with Crippen molar-refractivity contribution < 1.29 is 0 Å². The average molecular weight is 532 g/mol. The molecule has 0 aliphatic carbocycles. The third-order valence-electron chi connectivity index (χ3n) is 7.82. The van der Waals surface area contributed by atoms with Crippen LogP contribution in [0.1, 0.15) is 11.1 Å². The number of nitrogens with zero attached hydrogens (tertiary/aromatic N) is 3. The van der Waals surface area contributed by atoms with Crippen LogP contribution in [0.15, 0.2) is 127 Å². The first-order chi connectivity index (χ1) is 20.6. The van der Waals surface area contributed by atoms with Gasteiger partial charge in [-0.3, -0.25) is 0 Å². The first-order valence-electron chi connectivity index (χ1n) is 13.6. The maximum atomic E-state index is 9.31. The summed E-state index contributed by atoms with van der Waals surface area (Å²) in [6.45, 7) is 7.34. The van der Waals surface area contributed by atoms with E-state index in [-0.39, 0.29) is 0 Å². The van der Waals surface area contributed by atoms with Crippen molar-refractivity contribution in [2.24, 2.45) is 0 Å². The summed E-state index contributed by atoms with van der Waals surface area (Å²) < 4.78 is 0. The summed E-state index contributed by atoms with van der Waals surface area (Å²) >= 11 is 0. The summed E-state index contributed by atoms with van der Waals surface area (Å²) in [5.41, 5.74) is 8.51. The second-order valence-corrected chi connectivity index (χ2v) is 10.4. The number of nitriles is 2. The second kappa shape index (κ2) is 10.1. The van der Waals surface area contributed by atoms with Gasteiger partial charge in [-0.15, -0.1) is 0 Å². The quantitative estimate of drug-likeness (QED) is 0.213. The SMILES string of the molecule is [C-]#[N+]c1ccc2cc(-c3cc(-c4ccc5cc(C#N)ccc5c4)cc(-c4ccc5cc(C#N)ccc5c4)c3)ccc2c1. The summed E-state index contributed by atoms with van der Waals surface area (Å²) in [6.07, 6.45) is 0. The molecule has 0 bridgehead atoms. The fourth-order valence-corrected chi connectivity index (χ4v) is 5.60. The van der Waals surface area contributed by atoms with Crippen LogP contribution in [-0.2, 0) is 0 Å². The van der Waals surface area contributed by atoms with Crippen molar-refractivity contribution in [3.8, 4) is 45.5 Å². The fourth-order valence-electron chi connectivity index (χ4n) is 5.60. The van der Waals surface area contributed by atoms with E-state index < -0.39 is 0 Å². The molecule has 0 unspecified atom stereocenters. The van der Waals surface area contributed by atoms with E-state index in [4.69, 9.17) is 6.57 Å². The Morgan fingerprint density at radius 2 is 0.738 bits per heavy atom. The molecule has 0 spiro atoms. The molecule has 0 saturated heterocycles. The molecule has 3 heteroatoms. The van der Waals surface area contributed by atoms with Crippen molar-refractivity contribution in [2.45, 2.75) is 0 Å². The minimum atomic E-state index is 0.635. The van der Waals surface area contributed by atoms with Crippen LogP contribution in [0.25, 0.3) is 70.5 Å². The van der Waals surface area contributed by atoms with Crippen LogP contribution in [0.2, 0.25) is 0 Å². The minimum absolute atomic E-state index is 0.635. The van der Waals surface area contributed by atoms with Crippen LogP contribution >= 0.6 is 0 Å². The van der Waals surface area contributed by atoms with Crippen LogP contribution < -0.4 is 0 Å². The number of benzene rings is 7. The van der Waals surface area contributed by atoms with E-state index in [2.05, 4.69) is 89.8 Å². The molecule has 0 aliphatic rings. The van der Waals surface area contributed by atoms with Crippen molar-refractivity contribution in [1.29, 1.82) is 10.5 Å². The second-order valence-electron chi connectivity index (χ2n) is 10.4. The number of hydrogen-bond acceptors (Lipinski definition) is 2. The van der Waals surface area contributed by atoms with Gasteiger partial charge < -0.3 is 0 Å². The molecule has 0 amide bonds. The third-order valence-corrected chi connectivity index (χ3v) is 7.82. The van der Waals surface area contributed by atoms with Gasteiger partial charge in [0.25, 0.3) is 0 Å². The monoisotopic (exact) mass is 531 g/mol. The van der Waals surface area contributed by atoms with E-state index in [0.29, 0.717) is 16.8 Å². The Morgan fingerprint density at radius 3 is 1.14 bits per heavy atom. The van der Waals surface area contributed by atoms with Crippen LogP contribution in [0.5, 0.6) is 0 Å². The Bertz CT molecular complexity index is 2070. The minimum Gasteiger partial charge on any atom is -0.238 e. The molecule has 192 valence electrons. The lowest BCUT2D eigenvalue weighted by molar-refractivity contribution is 1.50. The molecule has 0 atom stereocenters. The van der Waals surface area contributed by atoms with Crippen LogP contribution in [0.3, 0.4) is 0 Å². The van der Waals surface area contributed by atoms with Crippen molar-refractivity contribution >= 4 is 38.0 Å². The maximum Gasteiger partial charge on any atom is 0.187 e. The van der Waals surface area contributed by atoms with Gasteiger partial charge in [0.05, 0.1) is 29.8 Å². The summed E-state index contributed by atoms with van der Waals surface area (Å²) in [5, 5.41) is 25.0. The molecule has 0 saturated carbocycles. The van der Waals surface area contributed by atoms with E-state index >= 15 is 0 Å². The lowest BCUT2D eigenvalue weighted by atomic mass is 9.91. The van der Waals surface area contributed by atoms with E-state index in [1.165, 1.54) is 0 Å². The highest BCUT2D eigenvalue weighted by Crippen LogP contribution is 2.36. The zero-order chi connectivity index (χ0) is 28.6. The van der Waals surface area contributed by atoms with Crippen molar-refractivity contribution in [3.63, 3.8) is 0 Å². The summed E-state index contributed by atoms with van der Waals surface area (Å²) in [4.78, 5) is 3.57. The van der Waals surface area contributed by atoms with E-state index in [0.717, 1.165) is 65.7 Å². The van der Waals surface area contributed by atoms with Gasteiger partial charge in [0.15, 0.2) is 5.69 Å². The lowest BCUT2D eigenvalue weighted by Gasteiger charge is -2.13. The van der Waals surface area contributed by atoms with Crippen LogP contribution in [0.4, 0.5) is 5.69 Å². The molecule has 0 radical (unpaired) electrons. The van der Waals surface area contributed by atoms with E-state index in [1.54, 1.807) is 0 Å². The van der Waals surface area contributed by atoms with Gasteiger partial charge in [-0.05, 0) is 132 Å². The predicted octanol–water partition coefficient (Wildman–Crippen LogP) is 10.4. The smallest absolute Gasteiger partial charge is 0.187 e. The number of fused-ring (bicyclic) bond motifs is 3. The van der Waals surface area contributed by atoms with Gasteiger partial charge in [-0.1, -0.05) is 60.7 Å². The molecule has 0 aromatic heterocycles. The molecule has 0 fully saturated rings. The normalized spacial score (nSPS) is 10.8. The molecule has 0 aliphatic heterocycles.